The van der Waals surface area contributed by atoms with Crippen molar-refractivity contribution in [3.05, 3.63) is 64.5 Å². The van der Waals surface area contributed by atoms with Crippen molar-refractivity contribution < 1.29 is 18.9 Å². The van der Waals surface area contributed by atoms with Crippen LogP contribution in [0.4, 0.5) is 5.69 Å². The number of rotatable bonds is 6. The first-order valence-electron chi connectivity index (χ1n) is 11.8. The van der Waals surface area contributed by atoms with Crippen molar-refractivity contribution in [3.63, 3.8) is 0 Å². The maximum Gasteiger partial charge on any atom is 0.203 e. The van der Waals surface area contributed by atoms with Crippen molar-refractivity contribution in [2.24, 2.45) is 0 Å². The Morgan fingerprint density at radius 2 is 1.76 bits per heavy atom. The van der Waals surface area contributed by atoms with E-state index in [1.807, 2.05) is 36.4 Å². The van der Waals surface area contributed by atoms with E-state index in [0.29, 0.717) is 28.5 Å². The predicted octanol–water partition coefficient (Wildman–Crippen LogP) is 4.96. The molecule has 0 aliphatic carbocycles. The van der Waals surface area contributed by atoms with E-state index in [4.69, 9.17) is 29.9 Å². The minimum absolute atomic E-state index is 0.420. The van der Waals surface area contributed by atoms with Crippen molar-refractivity contribution >= 4 is 27.9 Å². The van der Waals surface area contributed by atoms with Gasteiger partial charge in [0.15, 0.2) is 11.5 Å². The summed E-state index contributed by atoms with van der Waals surface area (Å²) < 4.78 is 20.7. The van der Waals surface area contributed by atoms with Gasteiger partial charge in [0, 0.05) is 36.1 Å². The second kappa shape index (κ2) is 12.4. The lowest BCUT2D eigenvalue weighted by atomic mass is 10.0. The zero-order valence-electron chi connectivity index (χ0n) is 21.2. The molecule has 1 saturated heterocycles. The number of thiophene rings is 1. The van der Waals surface area contributed by atoms with Crippen molar-refractivity contribution in [1.82, 2.24) is 9.88 Å². The summed E-state index contributed by atoms with van der Waals surface area (Å²) in [5.41, 5.74) is 10.1. The van der Waals surface area contributed by atoms with E-state index < -0.39 is 0 Å². The fourth-order valence-electron chi connectivity index (χ4n) is 4.10. The van der Waals surface area contributed by atoms with E-state index in [-0.39, 0.29) is 0 Å². The molecule has 8 nitrogen and oxygen atoms in total. The Hall–Kier alpha value is -3.84. The van der Waals surface area contributed by atoms with Gasteiger partial charge in [-0.15, -0.1) is 11.3 Å². The van der Waals surface area contributed by atoms with E-state index in [9.17, 15) is 0 Å². The fourth-order valence-corrected chi connectivity index (χ4v) is 5.03. The number of para-hydroxylation sites is 1. The topological polar surface area (TPSA) is 103 Å². The molecule has 0 amide bonds. The van der Waals surface area contributed by atoms with Crippen molar-refractivity contribution in [2.45, 2.75) is 6.54 Å². The molecule has 2 aromatic carbocycles. The lowest BCUT2D eigenvalue weighted by molar-refractivity contribution is 0.0346. The van der Waals surface area contributed by atoms with Gasteiger partial charge in [-0.05, 0) is 40.8 Å². The van der Waals surface area contributed by atoms with Gasteiger partial charge in [-0.25, -0.2) is 0 Å². The highest BCUT2D eigenvalue weighted by Gasteiger charge is 2.13. The molecule has 0 saturated carbocycles. The molecule has 5 rings (SSSR count). The molecule has 9 heteroatoms. The van der Waals surface area contributed by atoms with Crippen LogP contribution in [0.15, 0.2) is 54.0 Å². The monoisotopic (exact) mass is 518 g/mol. The smallest absolute Gasteiger partial charge is 0.203 e. The first-order valence-corrected chi connectivity index (χ1v) is 12.7. The SMILES string of the molecule is COc1cccc(OC)c1OC.N#Cc1cnc2cc(-c3csc(CN4CCOCC4)c3)ccc2c1N. The van der Waals surface area contributed by atoms with Gasteiger partial charge in [-0.3, -0.25) is 9.88 Å². The second-order valence-electron chi connectivity index (χ2n) is 8.32. The molecule has 1 aliphatic rings. The summed E-state index contributed by atoms with van der Waals surface area (Å²) in [5.74, 6) is 1.98. The summed E-state index contributed by atoms with van der Waals surface area (Å²) in [7, 11) is 4.77. The van der Waals surface area contributed by atoms with E-state index >= 15 is 0 Å². The predicted molar refractivity (Wildman–Crippen MR) is 146 cm³/mol. The summed E-state index contributed by atoms with van der Waals surface area (Å²) in [6.07, 6.45) is 1.54. The molecule has 1 aliphatic heterocycles. The molecule has 1 fully saturated rings. The summed E-state index contributed by atoms with van der Waals surface area (Å²) in [5, 5.41) is 12.1. The number of ether oxygens (including phenoxy) is 4. The summed E-state index contributed by atoms with van der Waals surface area (Å²) in [6.45, 7) is 4.60. The van der Waals surface area contributed by atoms with Crippen molar-refractivity contribution in [3.8, 4) is 34.4 Å². The second-order valence-corrected chi connectivity index (χ2v) is 9.31. The van der Waals surface area contributed by atoms with Crippen LogP contribution in [0, 0.1) is 11.3 Å². The number of aromatic nitrogens is 1. The van der Waals surface area contributed by atoms with Crippen LogP contribution >= 0.6 is 11.3 Å². The van der Waals surface area contributed by atoms with Crippen molar-refractivity contribution in [1.29, 1.82) is 5.26 Å². The normalized spacial score (nSPS) is 13.4. The van der Waals surface area contributed by atoms with Crippen LogP contribution in [0.1, 0.15) is 10.4 Å². The standard InChI is InChI=1S/C19H18N4OS.C9H12O3/c20-9-15-10-22-18-8-13(1-2-17(18)19(15)21)14-7-16(25-12-14)11-23-3-5-24-6-4-23;1-10-7-5-4-6-8(11-2)9(7)12-3/h1-2,7-8,10,12H,3-6,11H2,(H2,21,22);4-6H,1-3H3. The molecule has 192 valence electrons. The van der Waals surface area contributed by atoms with Gasteiger partial charge < -0.3 is 24.7 Å². The minimum atomic E-state index is 0.420. The number of hydrogen-bond acceptors (Lipinski definition) is 9. The van der Waals surface area contributed by atoms with Gasteiger partial charge >= 0.3 is 0 Å². The minimum Gasteiger partial charge on any atom is -0.493 e. The van der Waals surface area contributed by atoms with Crippen LogP contribution in [0.25, 0.3) is 22.0 Å². The Balaban J connectivity index is 0.000000225. The number of hydrogen-bond donors (Lipinski definition) is 1. The largest absolute Gasteiger partial charge is 0.493 e. The van der Waals surface area contributed by atoms with Crippen LogP contribution in [-0.4, -0.2) is 57.5 Å². The number of anilines is 1. The molecule has 0 radical (unpaired) electrons. The first kappa shape index (κ1) is 26.2. The Bertz CT molecular complexity index is 1370. The molecule has 0 unspecified atom stereocenters. The number of nitrogen functional groups attached to an aromatic ring is 1. The highest BCUT2D eigenvalue weighted by atomic mass is 32.1. The third-order valence-corrected chi connectivity index (χ3v) is 7.01. The van der Waals surface area contributed by atoms with Crippen molar-refractivity contribution in [2.75, 3.05) is 53.4 Å². The van der Waals surface area contributed by atoms with Gasteiger partial charge in [0.25, 0.3) is 0 Å². The summed E-state index contributed by atoms with van der Waals surface area (Å²) in [4.78, 5) is 8.15. The highest BCUT2D eigenvalue weighted by molar-refractivity contribution is 7.10. The lowest BCUT2D eigenvalue weighted by Gasteiger charge is -2.25. The Kier molecular flexibility index (Phi) is 8.80. The van der Waals surface area contributed by atoms with Gasteiger partial charge in [0.2, 0.25) is 5.75 Å². The molecular formula is C28H30N4O4S. The zero-order valence-corrected chi connectivity index (χ0v) is 22.0. The van der Waals surface area contributed by atoms with Gasteiger partial charge in [0.05, 0.1) is 51.3 Å². The maximum absolute atomic E-state index is 9.07. The molecule has 2 N–H and O–H groups in total. The third kappa shape index (κ3) is 6.12. The molecule has 2 aromatic heterocycles. The van der Waals surface area contributed by atoms with Crippen LogP contribution in [0.2, 0.25) is 0 Å². The molecule has 37 heavy (non-hydrogen) atoms. The quantitative estimate of drug-likeness (QED) is 0.382. The zero-order chi connectivity index (χ0) is 26.2. The number of methoxy groups -OCH3 is 3. The maximum atomic E-state index is 9.07. The van der Waals surface area contributed by atoms with Crippen LogP contribution in [-0.2, 0) is 11.3 Å². The molecule has 3 heterocycles. The van der Waals surface area contributed by atoms with E-state index in [0.717, 1.165) is 49.3 Å². The van der Waals surface area contributed by atoms with Crippen LogP contribution < -0.4 is 19.9 Å². The highest BCUT2D eigenvalue weighted by Crippen LogP contribution is 2.36. The number of nitrogens with zero attached hydrogens (tertiary/aromatic N) is 3. The average Bonchev–Trinajstić information content (AvgIpc) is 3.41. The number of benzene rings is 2. The molecular weight excluding hydrogens is 488 g/mol. The number of nitriles is 1. The number of fused-ring (bicyclic) bond motifs is 1. The molecule has 0 bridgehead atoms. The van der Waals surface area contributed by atoms with E-state index in [1.54, 1.807) is 38.9 Å². The Labute approximate surface area is 220 Å². The number of morpholine rings is 1. The molecule has 0 spiro atoms. The summed E-state index contributed by atoms with van der Waals surface area (Å²) in [6, 6.07) is 15.8. The summed E-state index contributed by atoms with van der Waals surface area (Å²) >= 11 is 1.78. The fraction of sp³-hybridized carbons (Fsp3) is 0.286. The lowest BCUT2D eigenvalue weighted by Crippen LogP contribution is -2.35. The van der Waals surface area contributed by atoms with Gasteiger partial charge in [-0.1, -0.05) is 18.2 Å². The molecule has 4 aromatic rings. The molecule has 0 atom stereocenters. The third-order valence-electron chi connectivity index (χ3n) is 6.09. The first-order chi connectivity index (χ1) is 18.1. The Morgan fingerprint density at radius 3 is 2.41 bits per heavy atom. The van der Waals surface area contributed by atoms with E-state index in [2.05, 4.69) is 27.4 Å². The number of pyridine rings is 1. The van der Waals surface area contributed by atoms with E-state index in [1.165, 1.54) is 10.4 Å². The van der Waals surface area contributed by atoms with Gasteiger partial charge in [0.1, 0.15) is 6.07 Å². The van der Waals surface area contributed by atoms with Crippen LogP contribution in [0.5, 0.6) is 17.2 Å². The number of nitrogens with two attached hydrogens (primary N) is 1. The Morgan fingerprint density at radius 1 is 1.03 bits per heavy atom. The average molecular weight is 519 g/mol. The van der Waals surface area contributed by atoms with Gasteiger partial charge in [-0.2, -0.15) is 5.26 Å². The van der Waals surface area contributed by atoms with Crippen LogP contribution in [0.3, 0.4) is 0 Å².